The molecule has 0 fully saturated rings. The lowest BCUT2D eigenvalue weighted by Crippen LogP contribution is -2.26. The van der Waals surface area contributed by atoms with Crippen molar-refractivity contribution in [3.05, 3.63) is 0 Å². The molecule has 1 N–H and O–H groups in total. The van der Waals surface area contributed by atoms with Crippen molar-refractivity contribution in [2.24, 2.45) is 5.41 Å². The molecule has 0 saturated carbocycles. The molecular weight excluding hydrogens is 190 g/mol. The van der Waals surface area contributed by atoms with E-state index in [2.05, 4.69) is 20.8 Å². The standard InChI is InChI=1S/C12H23NO2/c1-11(2,3)8-9(13)7-10(14)15-12(4,5)6/h13H,7-8H2,1-6H3. The maximum atomic E-state index is 11.4. The SMILES string of the molecule is CC(C)(C)CC(=N)CC(=O)OC(C)(C)C. The highest BCUT2D eigenvalue weighted by Gasteiger charge is 2.20. The van der Waals surface area contributed by atoms with Crippen LogP contribution in [0.2, 0.25) is 0 Å². The third-order valence-electron chi connectivity index (χ3n) is 1.52. The molecule has 0 bridgehead atoms. The predicted molar refractivity (Wildman–Crippen MR) is 62.3 cm³/mol. The molecular formula is C12H23NO2. The van der Waals surface area contributed by atoms with Gasteiger partial charge in [-0.1, -0.05) is 20.8 Å². The Labute approximate surface area is 92.7 Å². The molecule has 0 rings (SSSR count). The number of esters is 1. The van der Waals surface area contributed by atoms with E-state index < -0.39 is 5.60 Å². The summed E-state index contributed by atoms with van der Waals surface area (Å²) in [5, 5.41) is 7.68. The number of hydrogen-bond donors (Lipinski definition) is 1. The normalized spacial score (nSPS) is 12.4. The van der Waals surface area contributed by atoms with E-state index in [4.69, 9.17) is 10.1 Å². The van der Waals surface area contributed by atoms with E-state index in [0.29, 0.717) is 12.1 Å². The smallest absolute Gasteiger partial charge is 0.312 e. The van der Waals surface area contributed by atoms with Gasteiger partial charge in [-0.15, -0.1) is 0 Å². The first-order valence-corrected chi connectivity index (χ1v) is 5.28. The van der Waals surface area contributed by atoms with Crippen molar-refractivity contribution < 1.29 is 9.53 Å². The van der Waals surface area contributed by atoms with E-state index in [1.54, 1.807) is 0 Å². The van der Waals surface area contributed by atoms with Gasteiger partial charge >= 0.3 is 5.97 Å². The van der Waals surface area contributed by atoms with Crippen LogP contribution in [0.1, 0.15) is 54.4 Å². The number of ether oxygens (including phenoxy) is 1. The number of hydrogen-bond acceptors (Lipinski definition) is 3. The average Bonchev–Trinajstić information content (AvgIpc) is 1.73. The summed E-state index contributed by atoms with van der Waals surface area (Å²) in [5.74, 6) is -0.309. The lowest BCUT2D eigenvalue weighted by atomic mass is 9.89. The van der Waals surface area contributed by atoms with Gasteiger partial charge in [0, 0.05) is 5.71 Å². The minimum Gasteiger partial charge on any atom is -0.460 e. The van der Waals surface area contributed by atoms with Crippen molar-refractivity contribution in [2.75, 3.05) is 0 Å². The summed E-state index contributed by atoms with van der Waals surface area (Å²) in [7, 11) is 0. The molecule has 0 aromatic carbocycles. The van der Waals surface area contributed by atoms with Crippen molar-refractivity contribution >= 4 is 11.7 Å². The molecule has 0 aliphatic carbocycles. The van der Waals surface area contributed by atoms with E-state index in [-0.39, 0.29) is 17.8 Å². The van der Waals surface area contributed by atoms with Gasteiger partial charge in [0.2, 0.25) is 0 Å². The van der Waals surface area contributed by atoms with E-state index in [1.165, 1.54) is 0 Å². The van der Waals surface area contributed by atoms with Crippen LogP contribution < -0.4 is 0 Å². The molecule has 0 aliphatic rings. The van der Waals surface area contributed by atoms with Gasteiger partial charge in [0.15, 0.2) is 0 Å². The van der Waals surface area contributed by atoms with Crippen LogP contribution in [0.15, 0.2) is 0 Å². The van der Waals surface area contributed by atoms with Gasteiger partial charge in [-0.3, -0.25) is 4.79 Å². The average molecular weight is 213 g/mol. The first kappa shape index (κ1) is 14.1. The number of nitrogens with one attached hydrogen (secondary N) is 1. The summed E-state index contributed by atoms with van der Waals surface area (Å²) in [6.07, 6.45) is 0.737. The van der Waals surface area contributed by atoms with E-state index in [1.807, 2.05) is 20.8 Å². The molecule has 0 amide bonds. The van der Waals surface area contributed by atoms with Gasteiger partial charge in [-0.2, -0.15) is 0 Å². The van der Waals surface area contributed by atoms with Crippen LogP contribution in [0, 0.1) is 10.8 Å². The predicted octanol–water partition coefficient (Wildman–Crippen LogP) is 3.17. The first-order valence-electron chi connectivity index (χ1n) is 5.28. The molecule has 0 aliphatic heterocycles. The fourth-order valence-corrected chi connectivity index (χ4v) is 1.25. The van der Waals surface area contributed by atoms with Crippen molar-refractivity contribution in [1.29, 1.82) is 5.41 Å². The van der Waals surface area contributed by atoms with Crippen molar-refractivity contribution in [1.82, 2.24) is 0 Å². The molecule has 0 radical (unpaired) electrons. The Morgan fingerprint density at radius 3 is 1.93 bits per heavy atom. The molecule has 3 heteroatoms. The summed E-state index contributed by atoms with van der Waals surface area (Å²) in [5.41, 5.74) is 0.0369. The highest BCUT2D eigenvalue weighted by atomic mass is 16.6. The Bertz CT molecular complexity index is 217. The van der Waals surface area contributed by atoms with Gasteiger partial charge in [0.05, 0.1) is 6.42 Å². The molecule has 0 saturated heterocycles. The maximum absolute atomic E-state index is 11.4. The highest BCUT2D eigenvalue weighted by Crippen LogP contribution is 2.20. The summed E-state index contributed by atoms with van der Waals surface area (Å²) in [6, 6.07) is 0. The van der Waals surface area contributed by atoms with Gasteiger partial charge in [0.1, 0.15) is 5.60 Å². The largest absolute Gasteiger partial charge is 0.460 e. The van der Waals surface area contributed by atoms with Crippen molar-refractivity contribution in [3.63, 3.8) is 0 Å². The second-order valence-corrected chi connectivity index (χ2v) is 6.10. The Kier molecular flexibility index (Phi) is 4.50. The van der Waals surface area contributed by atoms with E-state index >= 15 is 0 Å². The monoisotopic (exact) mass is 213 g/mol. The third kappa shape index (κ3) is 9.44. The first-order chi connectivity index (χ1) is 6.49. The van der Waals surface area contributed by atoms with Crippen LogP contribution in [0.25, 0.3) is 0 Å². The Morgan fingerprint density at radius 2 is 1.60 bits per heavy atom. The van der Waals surface area contributed by atoms with E-state index in [9.17, 15) is 4.79 Å². The lowest BCUT2D eigenvalue weighted by Gasteiger charge is -2.21. The minimum atomic E-state index is -0.459. The van der Waals surface area contributed by atoms with Crippen molar-refractivity contribution in [3.8, 4) is 0 Å². The maximum Gasteiger partial charge on any atom is 0.312 e. The van der Waals surface area contributed by atoms with Crippen LogP contribution in [-0.4, -0.2) is 17.3 Å². The number of rotatable bonds is 3. The zero-order valence-corrected chi connectivity index (χ0v) is 10.7. The zero-order valence-electron chi connectivity index (χ0n) is 10.7. The Morgan fingerprint density at radius 1 is 1.13 bits per heavy atom. The number of carbonyl (C=O) groups is 1. The molecule has 3 nitrogen and oxygen atoms in total. The summed E-state index contributed by atoms with van der Waals surface area (Å²) in [6.45, 7) is 11.7. The molecule has 0 aromatic rings. The minimum absolute atomic E-state index is 0.0547. The molecule has 88 valence electrons. The van der Waals surface area contributed by atoms with E-state index in [0.717, 1.165) is 0 Å². The molecule has 0 unspecified atom stereocenters. The summed E-state index contributed by atoms with van der Waals surface area (Å²) >= 11 is 0. The highest BCUT2D eigenvalue weighted by molar-refractivity contribution is 5.97. The van der Waals surface area contributed by atoms with Gasteiger partial charge in [0.25, 0.3) is 0 Å². The molecule has 0 atom stereocenters. The Balaban J connectivity index is 4.04. The fourth-order valence-electron chi connectivity index (χ4n) is 1.25. The Hall–Kier alpha value is -0.860. The van der Waals surface area contributed by atoms with Gasteiger partial charge < -0.3 is 10.1 Å². The topological polar surface area (TPSA) is 50.2 Å². The molecule has 15 heavy (non-hydrogen) atoms. The fraction of sp³-hybridized carbons (Fsp3) is 0.833. The molecule has 0 aromatic heterocycles. The van der Waals surface area contributed by atoms with Crippen LogP contribution in [0.4, 0.5) is 0 Å². The van der Waals surface area contributed by atoms with Crippen LogP contribution in [0.5, 0.6) is 0 Å². The quantitative estimate of drug-likeness (QED) is 0.578. The summed E-state index contributed by atoms with van der Waals surface area (Å²) < 4.78 is 5.14. The van der Waals surface area contributed by atoms with Crippen molar-refractivity contribution in [2.45, 2.75) is 60.0 Å². The lowest BCUT2D eigenvalue weighted by molar-refractivity contribution is -0.153. The number of carbonyl (C=O) groups excluding carboxylic acids is 1. The van der Waals surface area contributed by atoms with Crippen LogP contribution >= 0.6 is 0 Å². The second kappa shape index (κ2) is 4.77. The van der Waals surface area contributed by atoms with Crippen LogP contribution in [0.3, 0.4) is 0 Å². The van der Waals surface area contributed by atoms with Crippen LogP contribution in [-0.2, 0) is 9.53 Å². The second-order valence-electron chi connectivity index (χ2n) is 6.10. The molecule has 0 heterocycles. The summed E-state index contributed by atoms with van der Waals surface area (Å²) in [4.78, 5) is 11.4. The molecule has 0 spiro atoms. The van der Waals surface area contributed by atoms with Gasteiger partial charge in [-0.05, 0) is 32.6 Å². The van der Waals surface area contributed by atoms with Gasteiger partial charge in [-0.25, -0.2) is 0 Å². The third-order valence-corrected chi connectivity index (χ3v) is 1.52. The zero-order chi connectivity index (χ0) is 12.3.